The van der Waals surface area contributed by atoms with Crippen molar-refractivity contribution in [1.82, 2.24) is 14.5 Å². The Morgan fingerprint density at radius 3 is 2.70 bits per heavy atom. The molecule has 1 unspecified atom stereocenters. The van der Waals surface area contributed by atoms with Gasteiger partial charge in [-0.2, -0.15) is 0 Å². The molecule has 20 heavy (non-hydrogen) atoms. The van der Waals surface area contributed by atoms with E-state index in [0.29, 0.717) is 5.92 Å². The SMILES string of the molecule is CCN(C)CC(Cn1cc(C)nc1NCC(C)C)OC. The van der Waals surface area contributed by atoms with Gasteiger partial charge < -0.3 is 19.5 Å². The first-order valence-electron chi connectivity index (χ1n) is 7.45. The molecule has 0 radical (unpaired) electrons. The number of aryl methyl sites for hydroxylation is 1. The van der Waals surface area contributed by atoms with E-state index in [9.17, 15) is 0 Å². The third-order valence-electron chi connectivity index (χ3n) is 3.35. The minimum Gasteiger partial charge on any atom is -0.378 e. The van der Waals surface area contributed by atoms with Gasteiger partial charge in [0.05, 0.1) is 18.3 Å². The summed E-state index contributed by atoms with van der Waals surface area (Å²) in [4.78, 5) is 6.82. The average Bonchev–Trinajstić information content (AvgIpc) is 2.75. The molecule has 0 fully saturated rings. The minimum atomic E-state index is 0.174. The number of ether oxygens (including phenoxy) is 1. The Kier molecular flexibility index (Phi) is 7.02. The molecule has 1 rings (SSSR count). The Morgan fingerprint density at radius 1 is 1.45 bits per heavy atom. The Hall–Kier alpha value is -1.07. The first-order chi connectivity index (χ1) is 9.46. The Labute approximate surface area is 123 Å². The number of methoxy groups -OCH3 is 1. The second-order valence-corrected chi connectivity index (χ2v) is 5.85. The lowest BCUT2D eigenvalue weighted by Gasteiger charge is -2.23. The molecule has 0 aliphatic carbocycles. The number of imidazole rings is 1. The molecule has 0 saturated carbocycles. The number of hydrogen-bond donors (Lipinski definition) is 1. The summed E-state index contributed by atoms with van der Waals surface area (Å²) in [5.41, 5.74) is 1.04. The van der Waals surface area contributed by atoms with Crippen LogP contribution in [-0.4, -0.2) is 54.3 Å². The molecule has 0 aliphatic rings. The summed E-state index contributed by atoms with van der Waals surface area (Å²) in [5, 5.41) is 3.41. The lowest BCUT2D eigenvalue weighted by Crippen LogP contribution is -2.33. The van der Waals surface area contributed by atoms with E-state index in [2.05, 4.69) is 53.8 Å². The third kappa shape index (κ3) is 5.51. The molecular weight excluding hydrogens is 252 g/mol. The van der Waals surface area contributed by atoms with Crippen molar-refractivity contribution >= 4 is 5.95 Å². The van der Waals surface area contributed by atoms with Gasteiger partial charge in [-0.15, -0.1) is 0 Å². The second-order valence-electron chi connectivity index (χ2n) is 5.85. The maximum absolute atomic E-state index is 5.60. The van der Waals surface area contributed by atoms with E-state index < -0.39 is 0 Å². The summed E-state index contributed by atoms with van der Waals surface area (Å²) in [6, 6.07) is 0. The number of anilines is 1. The Bertz CT molecular complexity index is 389. The highest BCUT2D eigenvalue weighted by Gasteiger charge is 2.14. The van der Waals surface area contributed by atoms with Crippen LogP contribution in [0.25, 0.3) is 0 Å². The summed E-state index contributed by atoms with van der Waals surface area (Å²) >= 11 is 0. The molecule has 0 spiro atoms. The van der Waals surface area contributed by atoms with Crippen molar-refractivity contribution in [1.29, 1.82) is 0 Å². The highest BCUT2D eigenvalue weighted by Crippen LogP contribution is 2.11. The van der Waals surface area contributed by atoms with Crippen molar-refractivity contribution in [3.63, 3.8) is 0 Å². The van der Waals surface area contributed by atoms with Gasteiger partial charge in [0.1, 0.15) is 0 Å². The number of rotatable bonds is 9. The molecular formula is C15H30N4O. The zero-order valence-electron chi connectivity index (χ0n) is 13.8. The quantitative estimate of drug-likeness (QED) is 0.754. The van der Waals surface area contributed by atoms with Crippen LogP contribution >= 0.6 is 0 Å². The fourth-order valence-electron chi connectivity index (χ4n) is 2.03. The van der Waals surface area contributed by atoms with Gasteiger partial charge in [-0.05, 0) is 26.4 Å². The van der Waals surface area contributed by atoms with Gasteiger partial charge in [-0.25, -0.2) is 4.98 Å². The highest BCUT2D eigenvalue weighted by molar-refractivity contribution is 5.28. The standard InChI is InChI=1S/C15H30N4O/c1-7-18(5)10-14(20-6)11-19-9-13(4)17-15(19)16-8-12(2)3/h9,12,14H,7-8,10-11H2,1-6H3,(H,16,17). The van der Waals surface area contributed by atoms with Gasteiger partial charge in [-0.3, -0.25) is 0 Å². The van der Waals surface area contributed by atoms with Crippen LogP contribution in [0.5, 0.6) is 0 Å². The molecule has 0 amide bonds. The van der Waals surface area contributed by atoms with E-state index in [1.165, 1.54) is 0 Å². The van der Waals surface area contributed by atoms with Crippen LogP contribution in [0.4, 0.5) is 5.95 Å². The molecule has 0 aliphatic heterocycles. The lowest BCUT2D eigenvalue weighted by molar-refractivity contribution is 0.0607. The van der Waals surface area contributed by atoms with Crippen molar-refractivity contribution in [3.05, 3.63) is 11.9 Å². The van der Waals surface area contributed by atoms with Crippen molar-refractivity contribution in [2.24, 2.45) is 5.92 Å². The van der Waals surface area contributed by atoms with Crippen LogP contribution in [-0.2, 0) is 11.3 Å². The van der Waals surface area contributed by atoms with Gasteiger partial charge in [0.15, 0.2) is 0 Å². The lowest BCUT2D eigenvalue weighted by atomic mass is 10.2. The van der Waals surface area contributed by atoms with Gasteiger partial charge in [0.25, 0.3) is 0 Å². The van der Waals surface area contributed by atoms with Gasteiger partial charge in [-0.1, -0.05) is 20.8 Å². The minimum absolute atomic E-state index is 0.174. The number of hydrogen-bond acceptors (Lipinski definition) is 4. The summed E-state index contributed by atoms with van der Waals surface area (Å²) in [7, 11) is 3.89. The summed E-state index contributed by atoms with van der Waals surface area (Å²) < 4.78 is 7.76. The first kappa shape index (κ1) is 17.0. The molecule has 1 heterocycles. The van der Waals surface area contributed by atoms with Crippen molar-refractivity contribution in [2.45, 2.75) is 40.3 Å². The van der Waals surface area contributed by atoms with Crippen LogP contribution in [0, 0.1) is 12.8 Å². The molecule has 1 N–H and O–H groups in total. The van der Waals surface area contributed by atoms with Crippen molar-refractivity contribution < 1.29 is 4.74 Å². The molecule has 1 aromatic heterocycles. The van der Waals surface area contributed by atoms with Crippen LogP contribution in [0.2, 0.25) is 0 Å². The largest absolute Gasteiger partial charge is 0.378 e. The van der Waals surface area contributed by atoms with E-state index in [-0.39, 0.29) is 6.10 Å². The van der Waals surface area contributed by atoms with E-state index in [0.717, 1.165) is 37.8 Å². The number of nitrogens with zero attached hydrogens (tertiary/aromatic N) is 3. The zero-order chi connectivity index (χ0) is 15.1. The summed E-state index contributed by atoms with van der Waals surface area (Å²) in [5.74, 6) is 1.54. The maximum Gasteiger partial charge on any atom is 0.203 e. The Balaban J connectivity index is 2.69. The van der Waals surface area contributed by atoms with Crippen LogP contribution in [0.1, 0.15) is 26.5 Å². The average molecular weight is 282 g/mol. The third-order valence-corrected chi connectivity index (χ3v) is 3.35. The van der Waals surface area contributed by atoms with Gasteiger partial charge in [0, 0.05) is 26.4 Å². The van der Waals surface area contributed by atoms with E-state index in [1.54, 1.807) is 7.11 Å². The number of aromatic nitrogens is 2. The molecule has 0 saturated heterocycles. The van der Waals surface area contributed by atoms with E-state index in [1.807, 2.05) is 6.92 Å². The molecule has 0 bridgehead atoms. The molecule has 0 aromatic carbocycles. The van der Waals surface area contributed by atoms with Crippen LogP contribution in [0.15, 0.2) is 6.20 Å². The fraction of sp³-hybridized carbons (Fsp3) is 0.800. The Morgan fingerprint density at radius 2 is 2.15 bits per heavy atom. The predicted octanol–water partition coefficient (Wildman–Crippen LogP) is 2.23. The molecule has 5 nitrogen and oxygen atoms in total. The number of nitrogens with one attached hydrogen (secondary N) is 1. The van der Waals surface area contributed by atoms with E-state index >= 15 is 0 Å². The molecule has 1 atom stereocenters. The normalized spacial score (nSPS) is 13.2. The monoisotopic (exact) mass is 282 g/mol. The second kappa shape index (κ2) is 8.27. The van der Waals surface area contributed by atoms with Crippen molar-refractivity contribution in [2.75, 3.05) is 39.1 Å². The van der Waals surface area contributed by atoms with E-state index in [4.69, 9.17) is 4.74 Å². The van der Waals surface area contributed by atoms with Gasteiger partial charge >= 0.3 is 0 Å². The molecule has 1 aromatic rings. The van der Waals surface area contributed by atoms with Gasteiger partial charge in [0.2, 0.25) is 5.95 Å². The number of likely N-dealkylation sites (N-methyl/N-ethyl adjacent to an activating group) is 1. The fourth-order valence-corrected chi connectivity index (χ4v) is 2.03. The molecule has 116 valence electrons. The first-order valence-corrected chi connectivity index (χ1v) is 7.45. The molecule has 5 heteroatoms. The predicted molar refractivity (Wildman–Crippen MR) is 84.3 cm³/mol. The van der Waals surface area contributed by atoms with Crippen molar-refractivity contribution in [3.8, 4) is 0 Å². The maximum atomic E-state index is 5.60. The smallest absolute Gasteiger partial charge is 0.203 e. The topological polar surface area (TPSA) is 42.3 Å². The zero-order valence-corrected chi connectivity index (χ0v) is 13.8. The van der Waals surface area contributed by atoms with Crippen LogP contribution in [0.3, 0.4) is 0 Å². The van der Waals surface area contributed by atoms with Crippen LogP contribution < -0.4 is 5.32 Å². The summed E-state index contributed by atoms with van der Waals surface area (Å²) in [6.07, 6.45) is 2.26. The highest BCUT2D eigenvalue weighted by atomic mass is 16.5. The summed E-state index contributed by atoms with van der Waals surface area (Å²) in [6.45, 7) is 12.3.